The number of rotatable bonds is 3. The van der Waals surface area contributed by atoms with Gasteiger partial charge in [0.05, 0.1) is 10.9 Å². The van der Waals surface area contributed by atoms with E-state index in [1.807, 2.05) is 37.3 Å². The van der Waals surface area contributed by atoms with Crippen LogP contribution in [0.25, 0.3) is 11.0 Å². The van der Waals surface area contributed by atoms with Crippen LogP contribution in [0.2, 0.25) is 0 Å². The van der Waals surface area contributed by atoms with E-state index in [9.17, 15) is 9.90 Å². The number of fused-ring (bicyclic) bond motifs is 1. The Hall–Kier alpha value is -2.55. The lowest BCUT2D eigenvalue weighted by Gasteiger charge is -2.16. The first-order chi connectivity index (χ1) is 10.2. The fourth-order valence-electron chi connectivity index (χ4n) is 2.74. The molecule has 1 N–H and O–H groups in total. The zero-order chi connectivity index (χ0) is 14.8. The molecular weight excluding hydrogens is 264 g/mol. The van der Waals surface area contributed by atoms with Crippen LogP contribution in [0.1, 0.15) is 30.4 Å². The van der Waals surface area contributed by atoms with Gasteiger partial charge in [-0.05, 0) is 24.1 Å². The Morgan fingerprint density at radius 3 is 2.43 bits per heavy atom. The van der Waals surface area contributed by atoms with Crippen LogP contribution in [-0.4, -0.2) is 5.11 Å². The summed E-state index contributed by atoms with van der Waals surface area (Å²) in [5, 5.41) is 10.7. The van der Waals surface area contributed by atoms with Crippen molar-refractivity contribution in [3.05, 3.63) is 75.9 Å². The molecule has 0 amide bonds. The van der Waals surface area contributed by atoms with Crippen LogP contribution in [0.5, 0.6) is 5.95 Å². The van der Waals surface area contributed by atoms with Crippen molar-refractivity contribution in [3.63, 3.8) is 0 Å². The van der Waals surface area contributed by atoms with Crippen molar-refractivity contribution in [1.82, 2.24) is 0 Å². The second-order valence-corrected chi connectivity index (χ2v) is 5.02. The molecule has 1 aromatic heterocycles. The SMILES string of the molecule is CC[C@@H](c1ccccc1)c1c(O)oc2ccccc2c1=O. The molecule has 0 radical (unpaired) electrons. The molecule has 106 valence electrons. The first-order valence-corrected chi connectivity index (χ1v) is 7.02. The predicted octanol–water partition coefficient (Wildman–Crippen LogP) is 4.04. The standard InChI is InChI=1S/C18H16O3/c1-2-13(12-8-4-3-5-9-12)16-17(19)14-10-6-7-11-15(14)21-18(16)20/h3-11,13,20H,2H2,1H3/t13-/m0/s1. The smallest absolute Gasteiger partial charge is 0.290 e. The van der Waals surface area contributed by atoms with Crippen molar-refractivity contribution >= 4 is 11.0 Å². The molecule has 0 bridgehead atoms. The highest BCUT2D eigenvalue weighted by molar-refractivity contribution is 5.77. The molecule has 3 heteroatoms. The van der Waals surface area contributed by atoms with Gasteiger partial charge in [-0.3, -0.25) is 4.79 Å². The van der Waals surface area contributed by atoms with Crippen LogP contribution in [0, 0.1) is 0 Å². The van der Waals surface area contributed by atoms with Crippen LogP contribution in [0.4, 0.5) is 0 Å². The fraction of sp³-hybridized carbons (Fsp3) is 0.167. The highest BCUT2D eigenvalue weighted by atomic mass is 16.5. The normalized spacial score (nSPS) is 12.4. The number of hydrogen-bond donors (Lipinski definition) is 1. The minimum Gasteiger partial charge on any atom is -0.480 e. The quantitative estimate of drug-likeness (QED) is 0.787. The van der Waals surface area contributed by atoms with Crippen molar-refractivity contribution in [1.29, 1.82) is 0 Å². The summed E-state index contributed by atoms with van der Waals surface area (Å²) in [6, 6.07) is 16.7. The Morgan fingerprint density at radius 2 is 1.71 bits per heavy atom. The predicted molar refractivity (Wildman–Crippen MR) is 82.7 cm³/mol. The maximum absolute atomic E-state index is 12.7. The monoisotopic (exact) mass is 280 g/mol. The second-order valence-electron chi connectivity index (χ2n) is 5.02. The minimum absolute atomic E-state index is 0.162. The van der Waals surface area contributed by atoms with Crippen LogP contribution >= 0.6 is 0 Å². The van der Waals surface area contributed by atoms with E-state index >= 15 is 0 Å². The van der Waals surface area contributed by atoms with Crippen LogP contribution in [-0.2, 0) is 0 Å². The van der Waals surface area contributed by atoms with Gasteiger partial charge in [0, 0.05) is 5.92 Å². The van der Waals surface area contributed by atoms with Crippen molar-refractivity contribution in [2.75, 3.05) is 0 Å². The number of benzene rings is 2. The summed E-state index contributed by atoms with van der Waals surface area (Å²) in [5.41, 5.74) is 1.58. The largest absolute Gasteiger partial charge is 0.480 e. The zero-order valence-corrected chi connectivity index (χ0v) is 11.7. The molecule has 0 unspecified atom stereocenters. The van der Waals surface area contributed by atoms with Crippen molar-refractivity contribution in [2.24, 2.45) is 0 Å². The van der Waals surface area contributed by atoms with Crippen molar-refractivity contribution < 1.29 is 9.52 Å². The Bertz CT molecular complexity index is 819. The number of aromatic hydroxyl groups is 1. The van der Waals surface area contributed by atoms with Crippen molar-refractivity contribution in [2.45, 2.75) is 19.3 Å². The van der Waals surface area contributed by atoms with E-state index in [4.69, 9.17) is 4.42 Å². The van der Waals surface area contributed by atoms with Gasteiger partial charge in [0.1, 0.15) is 5.58 Å². The summed E-state index contributed by atoms with van der Waals surface area (Å²) < 4.78 is 5.43. The summed E-state index contributed by atoms with van der Waals surface area (Å²) in [4.78, 5) is 12.7. The lowest BCUT2D eigenvalue weighted by Crippen LogP contribution is -2.14. The molecule has 2 aromatic carbocycles. The highest BCUT2D eigenvalue weighted by Gasteiger charge is 2.23. The molecule has 21 heavy (non-hydrogen) atoms. The number of para-hydroxylation sites is 1. The molecule has 0 saturated heterocycles. The maximum atomic E-state index is 12.7. The van der Waals surface area contributed by atoms with E-state index in [0.717, 1.165) is 5.56 Å². The molecule has 3 nitrogen and oxygen atoms in total. The molecule has 0 fully saturated rings. The molecule has 0 aliphatic rings. The topological polar surface area (TPSA) is 50.4 Å². The van der Waals surface area contributed by atoms with Gasteiger partial charge in [0.2, 0.25) is 0 Å². The Labute approximate surface area is 122 Å². The van der Waals surface area contributed by atoms with Crippen LogP contribution < -0.4 is 5.43 Å². The van der Waals surface area contributed by atoms with Crippen molar-refractivity contribution in [3.8, 4) is 5.95 Å². The third kappa shape index (κ3) is 2.31. The zero-order valence-electron chi connectivity index (χ0n) is 11.7. The lowest BCUT2D eigenvalue weighted by atomic mass is 9.89. The summed E-state index contributed by atoms with van der Waals surface area (Å²) >= 11 is 0. The third-order valence-electron chi connectivity index (χ3n) is 3.77. The molecule has 0 aliphatic heterocycles. The van der Waals surface area contributed by atoms with Gasteiger partial charge in [-0.2, -0.15) is 0 Å². The van der Waals surface area contributed by atoms with Gasteiger partial charge in [-0.25, -0.2) is 0 Å². The van der Waals surface area contributed by atoms with Gasteiger partial charge in [-0.1, -0.05) is 49.4 Å². The highest BCUT2D eigenvalue weighted by Crippen LogP contribution is 2.33. The summed E-state index contributed by atoms with van der Waals surface area (Å²) in [6.07, 6.45) is 0.709. The van der Waals surface area contributed by atoms with Gasteiger partial charge in [0.15, 0.2) is 5.43 Å². The van der Waals surface area contributed by atoms with Gasteiger partial charge < -0.3 is 9.52 Å². The Morgan fingerprint density at radius 1 is 1.05 bits per heavy atom. The molecular formula is C18H16O3. The van der Waals surface area contributed by atoms with E-state index in [2.05, 4.69) is 0 Å². The first-order valence-electron chi connectivity index (χ1n) is 7.02. The van der Waals surface area contributed by atoms with E-state index in [0.29, 0.717) is 23.0 Å². The molecule has 0 aliphatic carbocycles. The van der Waals surface area contributed by atoms with Crippen LogP contribution in [0.3, 0.4) is 0 Å². The summed E-state index contributed by atoms with van der Waals surface area (Å²) in [5.74, 6) is -0.457. The summed E-state index contributed by atoms with van der Waals surface area (Å²) in [7, 11) is 0. The first kappa shape index (κ1) is 13.4. The molecule has 3 rings (SSSR count). The molecule has 1 heterocycles. The van der Waals surface area contributed by atoms with E-state index in [1.54, 1.807) is 24.3 Å². The average Bonchev–Trinajstić information content (AvgIpc) is 2.52. The number of hydrogen-bond acceptors (Lipinski definition) is 3. The van der Waals surface area contributed by atoms with Gasteiger partial charge >= 0.3 is 0 Å². The minimum atomic E-state index is -0.283. The third-order valence-corrected chi connectivity index (χ3v) is 3.77. The molecule has 3 aromatic rings. The average molecular weight is 280 g/mol. The Kier molecular flexibility index (Phi) is 3.48. The van der Waals surface area contributed by atoms with E-state index < -0.39 is 0 Å². The second kappa shape index (κ2) is 5.44. The van der Waals surface area contributed by atoms with E-state index in [1.165, 1.54) is 0 Å². The van der Waals surface area contributed by atoms with Gasteiger partial charge in [-0.15, -0.1) is 0 Å². The lowest BCUT2D eigenvalue weighted by molar-refractivity contribution is 0.329. The molecule has 0 saturated carbocycles. The van der Waals surface area contributed by atoms with E-state index in [-0.39, 0.29) is 17.3 Å². The summed E-state index contributed by atoms with van der Waals surface area (Å²) in [6.45, 7) is 1.99. The fourth-order valence-corrected chi connectivity index (χ4v) is 2.74. The molecule has 0 spiro atoms. The van der Waals surface area contributed by atoms with Crippen LogP contribution in [0.15, 0.2) is 63.8 Å². The van der Waals surface area contributed by atoms with Gasteiger partial charge in [0.25, 0.3) is 5.95 Å². The Balaban J connectivity index is 2.26. The maximum Gasteiger partial charge on any atom is 0.290 e. The molecule has 1 atom stereocenters.